The molecule has 12 heteroatoms. The smallest absolute Gasteiger partial charge is 0.269 e. The molecule has 3 aromatic rings. The van der Waals surface area contributed by atoms with Crippen molar-refractivity contribution in [2.24, 2.45) is 10.2 Å². The van der Waals surface area contributed by atoms with E-state index >= 15 is 0 Å². The lowest BCUT2D eigenvalue weighted by Crippen LogP contribution is -2.00. The van der Waals surface area contributed by atoms with Crippen LogP contribution in [-0.2, 0) is 0 Å². The molecule has 0 amide bonds. The first-order valence-electron chi connectivity index (χ1n) is 9.74. The summed E-state index contributed by atoms with van der Waals surface area (Å²) in [6.45, 7) is 0. The van der Waals surface area contributed by atoms with E-state index in [-0.39, 0.29) is 11.4 Å². The Hall–Kier alpha value is -5.00. The molecule has 0 aliphatic heterocycles. The summed E-state index contributed by atoms with van der Waals surface area (Å²) in [6.07, 6.45) is 3.05. The zero-order chi connectivity index (χ0) is 24.5. The molecule has 174 valence electrons. The Morgan fingerprint density at radius 3 is 1.35 bits per heavy atom. The number of hydrazone groups is 2. The third-order valence-electron chi connectivity index (χ3n) is 4.53. The molecule has 3 aromatic carbocycles. The van der Waals surface area contributed by atoms with Gasteiger partial charge in [-0.25, -0.2) is 0 Å². The van der Waals surface area contributed by atoms with Crippen LogP contribution in [0.1, 0.15) is 11.1 Å². The van der Waals surface area contributed by atoms with Crippen molar-refractivity contribution >= 4 is 35.2 Å². The van der Waals surface area contributed by atoms with Gasteiger partial charge >= 0.3 is 0 Å². The number of benzene rings is 3. The van der Waals surface area contributed by atoms with E-state index in [1.165, 1.54) is 50.9 Å². The number of hydrogen-bond donors (Lipinski definition) is 2. The van der Waals surface area contributed by atoms with E-state index in [1.807, 2.05) is 0 Å². The molecule has 0 saturated heterocycles. The Morgan fingerprint density at radius 1 is 0.706 bits per heavy atom. The molecule has 0 saturated carbocycles. The summed E-state index contributed by atoms with van der Waals surface area (Å²) in [4.78, 5) is 20.5. The van der Waals surface area contributed by atoms with E-state index in [1.54, 1.807) is 36.4 Å². The molecule has 0 bridgehead atoms. The van der Waals surface area contributed by atoms with Crippen LogP contribution < -0.4 is 20.3 Å². The monoisotopic (exact) mass is 464 g/mol. The minimum absolute atomic E-state index is 0.0127. The Bertz CT molecular complexity index is 1130. The molecule has 2 N–H and O–H groups in total. The molecule has 0 heterocycles. The van der Waals surface area contributed by atoms with Crippen LogP contribution in [0.2, 0.25) is 0 Å². The average Bonchev–Trinajstić information content (AvgIpc) is 2.85. The first kappa shape index (κ1) is 23.7. The minimum atomic E-state index is -0.476. The van der Waals surface area contributed by atoms with Gasteiger partial charge < -0.3 is 9.47 Å². The summed E-state index contributed by atoms with van der Waals surface area (Å²) in [5, 5.41) is 29.8. The summed E-state index contributed by atoms with van der Waals surface area (Å²) in [7, 11) is 3.03. The highest BCUT2D eigenvalue weighted by Gasteiger charge is 2.10. The maximum absolute atomic E-state index is 10.7. The van der Waals surface area contributed by atoms with Gasteiger partial charge in [-0.1, -0.05) is 0 Å². The van der Waals surface area contributed by atoms with Crippen LogP contribution >= 0.6 is 0 Å². The van der Waals surface area contributed by atoms with Crippen molar-refractivity contribution in [1.29, 1.82) is 0 Å². The molecule has 34 heavy (non-hydrogen) atoms. The zero-order valence-corrected chi connectivity index (χ0v) is 18.2. The number of rotatable bonds is 10. The third kappa shape index (κ3) is 6.03. The van der Waals surface area contributed by atoms with E-state index in [4.69, 9.17) is 9.47 Å². The van der Waals surface area contributed by atoms with Crippen molar-refractivity contribution < 1.29 is 19.3 Å². The molecule has 0 aliphatic rings. The summed E-state index contributed by atoms with van der Waals surface area (Å²) >= 11 is 0. The number of hydrogen-bond acceptors (Lipinski definition) is 10. The SMILES string of the molecule is COc1cc(C=NNc2ccc([N+](=O)[O-])cc2)c(OC)cc1C=NNc1ccc([N+](=O)[O-])cc1. The topological polar surface area (TPSA) is 154 Å². The fraction of sp³-hybridized carbons (Fsp3) is 0.0909. The largest absolute Gasteiger partial charge is 0.496 e. The standard InChI is InChI=1S/C22H20N6O6/c1-33-21-11-16(14-24-26-18-5-9-20(10-6-18)28(31)32)22(34-2)12-15(21)13-23-25-17-3-7-19(8-4-17)27(29)30/h3-14,25-26H,1-2H3. The van der Waals surface area contributed by atoms with E-state index in [2.05, 4.69) is 21.1 Å². The Morgan fingerprint density at radius 2 is 1.06 bits per heavy atom. The number of methoxy groups -OCH3 is 2. The molecule has 0 spiro atoms. The molecular weight excluding hydrogens is 444 g/mol. The minimum Gasteiger partial charge on any atom is -0.496 e. The van der Waals surface area contributed by atoms with Crippen LogP contribution in [0, 0.1) is 20.2 Å². The molecule has 0 fully saturated rings. The van der Waals surface area contributed by atoms with Gasteiger partial charge in [-0.05, 0) is 36.4 Å². The van der Waals surface area contributed by atoms with Crippen LogP contribution in [0.25, 0.3) is 0 Å². The fourth-order valence-electron chi connectivity index (χ4n) is 2.81. The molecule has 12 nitrogen and oxygen atoms in total. The lowest BCUT2D eigenvalue weighted by atomic mass is 10.1. The van der Waals surface area contributed by atoms with Crippen molar-refractivity contribution in [3.63, 3.8) is 0 Å². The zero-order valence-electron chi connectivity index (χ0n) is 18.2. The van der Waals surface area contributed by atoms with E-state index in [9.17, 15) is 20.2 Å². The summed E-state index contributed by atoms with van der Waals surface area (Å²) in [6, 6.07) is 15.1. The summed E-state index contributed by atoms with van der Waals surface area (Å²) in [5.41, 5.74) is 7.97. The molecule has 0 aliphatic carbocycles. The quantitative estimate of drug-likeness (QED) is 0.254. The van der Waals surface area contributed by atoms with Crippen LogP contribution in [0.3, 0.4) is 0 Å². The first-order valence-corrected chi connectivity index (χ1v) is 9.74. The van der Waals surface area contributed by atoms with Crippen molar-refractivity contribution in [3.05, 3.63) is 92.0 Å². The highest BCUT2D eigenvalue weighted by molar-refractivity contribution is 5.91. The number of non-ortho nitro benzene ring substituents is 2. The second kappa shape index (κ2) is 11.0. The first-order chi connectivity index (χ1) is 16.4. The van der Waals surface area contributed by atoms with Gasteiger partial charge in [0.25, 0.3) is 11.4 Å². The van der Waals surface area contributed by atoms with Crippen molar-refractivity contribution in [1.82, 2.24) is 0 Å². The Balaban J connectivity index is 1.72. The van der Waals surface area contributed by atoms with Gasteiger partial charge in [0.2, 0.25) is 0 Å². The Kier molecular flexibility index (Phi) is 7.68. The highest BCUT2D eigenvalue weighted by Crippen LogP contribution is 2.27. The molecular formula is C22H20N6O6. The predicted molar refractivity (Wildman–Crippen MR) is 128 cm³/mol. The molecule has 0 radical (unpaired) electrons. The van der Waals surface area contributed by atoms with E-state index < -0.39 is 9.85 Å². The third-order valence-corrected chi connectivity index (χ3v) is 4.53. The van der Waals surface area contributed by atoms with Crippen LogP contribution in [0.4, 0.5) is 22.7 Å². The van der Waals surface area contributed by atoms with Gasteiger partial charge in [-0.15, -0.1) is 0 Å². The summed E-state index contributed by atoms with van der Waals surface area (Å²) in [5.74, 6) is 1.01. The number of nitro groups is 2. The molecule has 3 rings (SSSR count). The van der Waals surface area contributed by atoms with Gasteiger partial charge in [0.1, 0.15) is 11.5 Å². The number of nitro benzene ring substituents is 2. The average molecular weight is 464 g/mol. The van der Waals surface area contributed by atoms with Gasteiger partial charge in [-0.2, -0.15) is 10.2 Å². The Labute approximate surface area is 193 Å². The van der Waals surface area contributed by atoms with Crippen molar-refractivity contribution in [2.75, 3.05) is 25.1 Å². The van der Waals surface area contributed by atoms with Crippen LogP contribution in [0.5, 0.6) is 11.5 Å². The van der Waals surface area contributed by atoms with E-state index in [0.717, 1.165) is 0 Å². The maximum Gasteiger partial charge on any atom is 0.269 e. The van der Waals surface area contributed by atoms with Gasteiger partial charge in [0.05, 0.1) is 47.9 Å². The summed E-state index contributed by atoms with van der Waals surface area (Å²) < 4.78 is 10.9. The van der Waals surface area contributed by atoms with Crippen LogP contribution in [-0.4, -0.2) is 36.5 Å². The van der Waals surface area contributed by atoms with Crippen molar-refractivity contribution in [2.45, 2.75) is 0 Å². The number of nitrogens with zero attached hydrogens (tertiary/aromatic N) is 4. The van der Waals surface area contributed by atoms with Gasteiger partial charge in [0, 0.05) is 35.4 Å². The number of anilines is 2. The number of ether oxygens (including phenoxy) is 2. The second-order valence-corrected chi connectivity index (χ2v) is 6.68. The fourth-order valence-corrected chi connectivity index (χ4v) is 2.81. The lowest BCUT2D eigenvalue weighted by Gasteiger charge is -2.11. The van der Waals surface area contributed by atoms with Gasteiger partial charge in [-0.3, -0.25) is 31.1 Å². The highest BCUT2D eigenvalue weighted by atomic mass is 16.6. The number of nitrogens with one attached hydrogen (secondary N) is 2. The van der Waals surface area contributed by atoms with Crippen LogP contribution in [0.15, 0.2) is 70.9 Å². The van der Waals surface area contributed by atoms with E-state index in [0.29, 0.717) is 34.0 Å². The van der Waals surface area contributed by atoms with Crippen molar-refractivity contribution in [3.8, 4) is 11.5 Å². The normalized spacial score (nSPS) is 10.9. The predicted octanol–water partition coefficient (Wildman–Crippen LogP) is 4.41. The molecule has 0 aromatic heterocycles. The molecule has 0 unspecified atom stereocenters. The second-order valence-electron chi connectivity index (χ2n) is 6.68. The maximum atomic E-state index is 10.7. The lowest BCUT2D eigenvalue weighted by molar-refractivity contribution is -0.385. The van der Waals surface area contributed by atoms with Gasteiger partial charge in [0.15, 0.2) is 0 Å². The molecule has 0 atom stereocenters.